The predicted molar refractivity (Wildman–Crippen MR) is 72.3 cm³/mol. The number of rotatable bonds is 6. The molecular formula is C14H20N4. The molecule has 1 unspecified atom stereocenters. The molecule has 4 nitrogen and oxygen atoms in total. The van der Waals surface area contributed by atoms with E-state index >= 15 is 0 Å². The molecule has 0 saturated carbocycles. The molecule has 0 fully saturated rings. The lowest BCUT2D eigenvalue weighted by atomic mass is 10.1. The van der Waals surface area contributed by atoms with Gasteiger partial charge in [-0.25, -0.2) is 0 Å². The van der Waals surface area contributed by atoms with Crippen LogP contribution in [0.15, 0.2) is 36.8 Å². The molecule has 0 bridgehead atoms. The molecule has 18 heavy (non-hydrogen) atoms. The summed E-state index contributed by atoms with van der Waals surface area (Å²) in [6.45, 7) is 6.14. The van der Waals surface area contributed by atoms with Crippen molar-refractivity contribution in [3.8, 4) is 0 Å². The molecule has 0 radical (unpaired) electrons. The van der Waals surface area contributed by atoms with Crippen molar-refractivity contribution in [2.75, 3.05) is 6.54 Å². The Kier molecular flexibility index (Phi) is 4.47. The molecule has 0 aromatic carbocycles. The summed E-state index contributed by atoms with van der Waals surface area (Å²) < 4.78 is 2.07. The van der Waals surface area contributed by atoms with Crippen molar-refractivity contribution in [2.24, 2.45) is 0 Å². The van der Waals surface area contributed by atoms with E-state index in [1.54, 1.807) is 6.20 Å². The van der Waals surface area contributed by atoms with Crippen molar-refractivity contribution in [1.82, 2.24) is 20.1 Å². The molecule has 4 heteroatoms. The van der Waals surface area contributed by atoms with Gasteiger partial charge in [0.05, 0.1) is 11.7 Å². The van der Waals surface area contributed by atoms with Gasteiger partial charge in [0.15, 0.2) is 0 Å². The molecule has 0 spiro atoms. The summed E-state index contributed by atoms with van der Waals surface area (Å²) >= 11 is 0. The van der Waals surface area contributed by atoms with Gasteiger partial charge >= 0.3 is 0 Å². The Morgan fingerprint density at radius 3 is 2.83 bits per heavy atom. The third-order valence-corrected chi connectivity index (χ3v) is 2.91. The Balaban J connectivity index is 2.32. The number of hydrogen-bond donors (Lipinski definition) is 1. The van der Waals surface area contributed by atoms with E-state index in [1.165, 1.54) is 11.3 Å². The molecular weight excluding hydrogens is 224 g/mol. The Bertz CT molecular complexity index is 464. The lowest BCUT2D eigenvalue weighted by molar-refractivity contribution is 0.520. The Labute approximate surface area is 108 Å². The van der Waals surface area contributed by atoms with E-state index in [9.17, 15) is 0 Å². The van der Waals surface area contributed by atoms with E-state index in [4.69, 9.17) is 0 Å². The highest BCUT2D eigenvalue weighted by molar-refractivity contribution is 5.24. The highest BCUT2D eigenvalue weighted by Gasteiger charge is 2.17. The molecule has 96 valence electrons. The maximum absolute atomic E-state index is 4.39. The van der Waals surface area contributed by atoms with E-state index in [0.717, 1.165) is 19.5 Å². The number of aryl methyl sites for hydroxylation is 1. The van der Waals surface area contributed by atoms with Crippen molar-refractivity contribution >= 4 is 0 Å². The highest BCUT2D eigenvalue weighted by Crippen LogP contribution is 2.21. The van der Waals surface area contributed by atoms with Gasteiger partial charge in [-0.1, -0.05) is 19.9 Å². The second kappa shape index (κ2) is 6.31. The van der Waals surface area contributed by atoms with Crippen LogP contribution in [0.25, 0.3) is 0 Å². The first-order valence-electron chi connectivity index (χ1n) is 6.51. The number of nitrogens with zero attached hydrogens (tertiary/aromatic N) is 3. The van der Waals surface area contributed by atoms with Crippen molar-refractivity contribution in [3.05, 3.63) is 48.0 Å². The van der Waals surface area contributed by atoms with Crippen molar-refractivity contribution < 1.29 is 0 Å². The molecule has 1 atom stereocenters. The van der Waals surface area contributed by atoms with E-state index in [0.29, 0.717) is 0 Å². The minimum atomic E-state index is 0.165. The summed E-state index contributed by atoms with van der Waals surface area (Å²) in [5.41, 5.74) is 2.38. The van der Waals surface area contributed by atoms with Crippen LogP contribution in [0.2, 0.25) is 0 Å². The fraction of sp³-hybridized carbons (Fsp3) is 0.429. The fourth-order valence-electron chi connectivity index (χ4n) is 2.13. The zero-order valence-electron chi connectivity index (χ0n) is 11.0. The lowest BCUT2D eigenvalue weighted by Gasteiger charge is -2.19. The van der Waals surface area contributed by atoms with Crippen molar-refractivity contribution in [3.63, 3.8) is 0 Å². The molecule has 2 aromatic rings. The molecule has 0 aliphatic heterocycles. The normalized spacial score (nSPS) is 12.6. The molecule has 0 amide bonds. The molecule has 0 aliphatic rings. The van der Waals surface area contributed by atoms with Gasteiger partial charge in [-0.05, 0) is 30.7 Å². The average Bonchev–Trinajstić information content (AvgIpc) is 2.85. The first-order chi connectivity index (χ1) is 8.86. The van der Waals surface area contributed by atoms with Crippen LogP contribution in [0.3, 0.4) is 0 Å². The molecule has 0 saturated heterocycles. The van der Waals surface area contributed by atoms with Crippen LogP contribution in [0.4, 0.5) is 0 Å². The second-order valence-electron chi connectivity index (χ2n) is 4.26. The molecule has 2 rings (SSSR count). The van der Waals surface area contributed by atoms with Gasteiger partial charge in [-0.2, -0.15) is 5.10 Å². The molecule has 1 N–H and O–H groups in total. The largest absolute Gasteiger partial charge is 0.305 e. The maximum atomic E-state index is 4.39. The van der Waals surface area contributed by atoms with Crippen LogP contribution in [-0.2, 0) is 6.54 Å². The van der Waals surface area contributed by atoms with E-state index < -0.39 is 0 Å². The molecule has 0 aliphatic carbocycles. The van der Waals surface area contributed by atoms with Crippen LogP contribution in [-0.4, -0.2) is 21.3 Å². The van der Waals surface area contributed by atoms with Crippen LogP contribution in [0.1, 0.15) is 37.6 Å². The maximum Gasteiger partial charge on any atom is 0.0763 e. The Morgan fingerprint density at radius 1 is 1.28 bits per heavy atom. The number of hydrogen-bond acceptors (Lipinski definition) is 3. The van der Waals surface area contributed by atoms with Gasteiger partial charge in [0.1, 0.15) is 0 Å². The van der Waals surface area contributed by atoms with Crippen LogP contribution in [0.5, 0.6) is 0 Å². The number of nitrogens with one attached hydrogen (secondary N) is 1. The standard InChI is InChI=1S/C14H20N4/c1-3-10-18-13(7-9-17-18)14(16-4-2)12-6-5-8-15-11-12/h5-9,11,14,16H,3-4,10H2,1-2H3. The van der Waals surface area contributed by atoms with Gasteiger partial charge in [-0.15, -0.1) is 0 Å². The first kappa shape index (κ1) is 12.8. The summed E-state index contributed by atoms with van der Waals surface area (Å²) in [6.07, 6.45) is 6.67. The summed E-state index contributed by atoms with van der Waals surface area (Å²) in [7, 11) is 0. The van der Waals surface area contributed by atoms with Crippen LogP contribution < -0.4 is 5.32 Å². The molecule has 2 heterocycles. The van der Waals surface area contributed by atoms with Crippen molar-refractivity contribution in [2.45, 2.75) is 32.9 Å². The fourth-order valence-corrected chi connectivity index (χ4v) is 2.13. The summed E-state index contributed by atoms with van der Waals surface area (Å²) in [6, 6.07) is 6.32. The van der Waals surface area contributed by atoms with Crippen molar-refractivity contribution in [1.29, 1.82) is 0 Å². The smallest absolute Gasteiger partial charge is 0.0763 e. The van der Waals surface area contributed by atoms with Crippen LogP contribution >= 0.6 is 0 Å². The minimum absolute atomic E-state index is 0.165. The van der Waals surface area contributed by atoms with Gasteiger partial charge < -0.3 is 5.32 Å². The molecule has 2 aromatic heterocycles. The Hall–Kier alpha value is -1.68. The van der Waals surface area contributed by atoms with Gasteiger partial charge in [0.2, 0.25) is 0 Å². The first-order valence-corrected chi connectivity index (χ1v) is 6.51. The zero-order valence-corrected chi connectivity index (χ0v) is 11.0. The summed E-state index contributed by atoms with van der Waals surface area (Å²) in [5, 5.41) is 7.89. The third kappa shape index (κ3) is 2.76. The lowest BCUT2D eigenvalue weighted by Crippen LogP contribution is -2.25. The predicted octanol–water partition coefficient (Wildman–Crippen LogP) is 2.39. The van der Waals surface area contributed by atoms with Gasteiger partial charge in [0.25, 0.3) is 0 Å². The van der Waals surface area contributed by atoms with E-state index in [2.05, 4.69) is 46.1 Å². The Morgan fingerprint density at radius 2 is 2.17 bits per heavy atom. The highest BCUT2D eigenvalue weighted by atomic mass is 15.3. The summed E-state index contributed by atoms with van der Waals surface area (Å²) in [4.78, 5) is 4.20. The number of aromatic nitrogens is 3. The quantitative estimate of drug-likeness (QED) is 0.848. The van der Waals surface area contributed by atoms with Crippen LogP contribution in [0, 0.1) is 0 Å². The minimum Gasteiger partial charge on any atom is -0.305 e. The van der Waals surface area contributed by atoms with E-state index in [1.807, 2.05) is 18.5 Å². The van der Waals surface area contributed by atoms with Gasteiger partial charge in [0, 0.05) is 25.1 Å². The SMILES string of the molecule is CCCn1nccc1C(NCC)c1cccnc1. The van der Waals surface area contributed by atoms with E-state index in [-0.39, 0.29) is 6.04 Å². The summed E-state index contributed by atoms with van der Waals surface area (Å²) in [5.74, 6) is 0. The zero-order chi connectivity index (χ0) is 12.8. The van der Waals surface area contributed by atoms with Gasteiger partial charge in [-0.3, -0.25) is 9.67 Å². The third-order valence-electron chi connectivity index (χ3n) is 2.91. The second-order valence-corrected chi connectivity index (χ2v) is 4.26. The average molecular weight is 244 g/mol. The monoisotopic (exact) mass is 244 g/mol. The topological polar surface area (TPSA) is 42.7 Å². The number of pyridine rings is 1.